The Hall–Kier alpha value is -2.16. The van der Waals surface area contributed by atoms with Crippen molar-refractivity contribution in [1.29, 1.82) is 0 Å². The fraction of sp³-hybridized carbons (Fsp3) is 0.526. The van der Waals surface area contributed by atoms with E-state index >= 15 is 0 Å². The predicted molar refractivity (Wildman–Crippen MR) is 107 cm³/mol. The maximum absolute atomic E-state index is 12.4. The number of aromatic nitrogens is 3. The zero-order valence-corrected chi connectivity index (χ0v) is 16.5. The van der Waals surface area contributed by atoms with Crippen molar-refractivity contribution in [2.24, 2.45) is 0 Å². The Morgan fingerprint density at radius 2 is 2.04 bits per heavy atom. The van der Waals surface area contributed by atoms with Gasteiger partial charge in [-0.05, 0) is 63.0 Å². The normalized spacial score (nSPS) is 19.8. The minimum absolute atomic E-state index is 0. The van der Waals surface area contributed by atoms with E-state index < -0.39 is 0 Å². The van der Waals surface area contributed by atoms with E-state index in [0.717, 1.165) is 51.1 Å². The Morgan fingerprint density at radius 3 is 2.75 bits per heavy atom. The highest BCUT2D eigenvalue weighted by Gasteiger charge is 2.19. The van der Waals surface area contributed by atoms with Crippen molar-refractivity contribution in [2.75, 3.05) is 31.6 Å². The number of benzene rings is 1. The standard InChI is InChI=1S/C19H25N5O3.ClH/c25-19(18-12-24(23-22-18)15-7-9-20-10-8-15)21-14-3-5-16(6-4-14)27-13-17-2-1-11-26-17;/h3-6,12,15,17,20H,1-2,7-11,13H2,(H,21,25);1H. The number of anilines is 1. The van der Waals surface area contributed by atoms with Crippen molar-refractivity contribution in [3.8, 4) is 5.75 Å². The summed E-state index contributed by atoms with van der Waals surface area (Å²) >= 11 is 0. The Balaban J connectivity index is 0.00000225. The second-order valence-corrected chi connectivity index (χ2v) is 6.99. The molecule has 0 radical (unpaired) electrons. The molecule has 2 N–H and O–H groups in total. The minimum Gasteiger partial charge on any atom is -0.491 e. The second-order valence-electron chi connectivity index (χ2n) is 6.99. The van der Waals surface area contributed by atoms with Crippen molar-refractivity contribution in [1.82, 2.24) is 20.3 Å². The molecule has 9 heteroatoms. The van der Waals surface area contributed by atoms with Gasteiger partial charge in [0.15, 0.2) is 5.69 Å². The molecule has 2 aromatic rings. The lowest BCUT2D eigenvalue weighted by atomic mass is 10.1. The molecule has 3 heterocycles. The molecule has 1 unspecified atom stereocenters. The first kappa shape index (κ1) is 20.6. The van der Waals surface area contributed by atoms with Crippen LogP contribution in [0.2, 0.25) is 0 Å². The van der Waals surface area contributed by atoms with Crippen LogP contribution in [0.15, 0.2) is 30.5 Å². The van der Waals surface area contributed by atoms with Gasteiger partial charge in [0.2, 0.25) is 0 Å². The highest BCUT2D eigenvalue weighted by atomic mass is 35.5. The van der Waals surface area contributed by atoms with E-state index in [9.17, 15) is 4.79 Å². The van der Waals surface area contributed by atoms with E-state index in [1.165, 1.54) is 0 Å². The molecule has 152 valence electrons. The van der Waals surface area contributed by atoms with Crippen LogP contribution in [0.3, 0.4) is 0 Å². The van der Waals surface area contributed by atoms with E-state index in [1.54, 1.807) is 10.9 Å². The number of hydrogen-bond acceptors (Lipinski definition) is 6. The minimum atomic E-state index is -0.261. The molecule has 0 spiro atoms. The lowest BCUT2D eigenvalue weighted by Crippen LogP contribution is -2.29. The molecule has 0 bridgehead atoms. The number of amides is 1. The van der Waals surface area contributed by atoms with E-state index in [1.807, 2.05) is 24.3 Å². The van der Waals surface area contributed by atoms with Crippen LogP contribution in [0.4, 0.5) is 5.69 Å². The molecule has 1 amide bonds. The highest BCUT2D eigenvalue weighted by molar-refractivity contribution is 6.02. The van der Waals surface area contributed by atoms with Crippen LogP contribution in [-0.2, 0) is 4.74 Å². The van der Waals surface area contributed by atoms with Crippen molar-refractivity contribution in [2.45, 2.75) is 37.8 Å². The van der Waals surface area contributed by atoms with Gasteiger partial charge in [-0.1, -0.05) is 5.21 Å². The van der Waals surface area contributed by atoms with Crippen molar-refractivity contribution in [3.05, 3.63) is 36.2 Å². The third-order valence-electron chi connectivity index (χ3n) is 5.00. The summed E-state index contributed by atoms with van der Waals surface area (Å²) in [5.74, 6) is 0.503. The first-order valence-electron chi connectivity index (χ1n) is 9.56. The van der Waals surface area contributed by atoms with Crippen LogP contribution < -0.4 is 15.4 Å². The lowest BCUT2D eigenvalue weighted by Gasteiger charge is -2.22. The zero-order valence-electron chi connectivity index (χ0n) is 15.7. The van der Waals surface area contributed by atoms with Gasteiger partial charge < -0.3 is 20.1 Å². The zero-order chi connectivity index (χ0) is 18.5. The van der Waals surface area contributed by atoms with E-state index in [4.69, 9.17) is 9.47 Å². The van der Waals surface area contributed by atoms with Crippen LogP contribution in [0.1, 0.15) is 42.2 Å². The quantitative estimate of drug-likeness (QED) is 0.764. The molecular formula is C19H26ClN5O3. The van der Waals surface area contributed by atoms with Crippen LogP contribution in [0.5, 0.6) is 5.75 Å². The monoisotopic (exact) mass is 407 g/mol. The first-order chi connectivity index (χ1) is 13.3. The number of piperidine rings is 1. The van der Waals surface area contributed by atoms with Crippen molar-refractivity contribution >= 4 is 24.0 Å². The molecule has 2 fully saturated rings. The third kappa shape index (κ3) is 5.21. The molecule has 8 nitrogen and oxygen atoms in total. The van der Waals surface area contributed by atoms with Gasteiger partial charge in [-0.2, -0.15) is 0 Å². The highest BCUT2D eigenvalue weighted by Crippen LogP contribution is 2.20. The van der Waals surface area contributed by atoms with E-state index in [2.05, 4.69) is 20.9 Å². The van der Waals surface area contributed by atoms with E-state index in [0.29, 0.717) is 24.0 Å². The fourth-order valence-corrected chi connectivity index (χ4v) is 3.43. The number of ether oxygens (including phenoxy) is 2. The average Bonchev–Trinajstić information content (AvgIpc) is 3.40. The smallest absolute Gasteiger partial charge is 0.277 e. The van der Waals surface area contributed by atoms with Crippen molar-refractivity contribution < 1.29 is 14.3 Å². The van der Waals surface area contributed by atoms with E-state index in [-0.39, 0.29) is 24.4 Å². The van der Waals surface area contributed by atoms with Gasteiger partial charge >= 0.3 is 0 Å². The van der Waals surface area contributed by atoms with Gasteiger partial charge in [0, 0.05) is 12.3 Å². The van der Waals surface area contributed by atoms with Gasteiger partial charge in [0.25, 0.3) is 5.91 Å². The first-order valence-corrected chi connectivity index (χ1v) is 9.56. The van der Waals surface area contributed by atoms with Gasteiger partial charge in [-0.15, -0.1) is 17.5 Å². The molecule has 2 saturated heterocycles. The largest absolute Gasteiger partial charge is 0.491 e. The molecule has 1 aromatic heterocycles. The number of carbonyl (C=O) groups is 1. The summed E-state index contributed by atoms with van der Waals surface area (Å²) in [4.78, 5) is 12.4. The van der Waals surface area contributed by atoms with Crippen LogP contribution >= 0.6 is 12.4 Å². The molecule has 2 aliphatic heterocycles. The Morgan fingerprint density at radius 1 is 1.25 bits per heavy atom. The lowest BCUT2D eigenvalue weighted by molar-refractivity contribution is 0.0679. The summed E-state index contributed by atoms with van der Waals surface area (Å²) in [6.07, 6.45) is 6.06. The Labute approximate surface area is 170 Å². The summed E-state index contributed by atoms with van der Waals surface area (Å²) in [5.41, 5.74) is 1.02. The SMILES string of the molecule is Cl.O=C(Nc1ccc(OCC2CCCO2)cc1)c1cn(C2CCNCC2)nn1. The Bertz CT molecular complexity index is 755. The molecule has 0 saturated carbocycles. The van der Waals surface area contributed by atoms with Gasteiger partial charge in [0.05, 0.1) is 18.3 Å². The second kappa shape index (κ2) is 9.86. The van der Waals surface area contributed by atoms with Crippen LogP contribution in [0.25, 0.3) is 0 Å². The average molecular weight is 408 g/mol. The summed E-state index contributed by atoms with van der Waals surface area (Å²) in [7, 11) is 0. The molecule has 2 aliphatic rings. The number of carbonyl (C=O) groups excluding carboxylic acids is 1. The number of nitrogens with one attached hydrogen (secondary N) is 2. The topological polar surface area (TPSA) is 90.3 Å². The maximum atomic E-state index is 12.4. The summed E-state index contributed by atoms with van der Waals surface area (Å²) in [5, 5.41) is 14.3. The Kier molecular flexibility index (Phi) is 7.24. The summed E-state index contributed by atoms with van der Waals surface area (Å²) in [6.45, 7) is 3.31. The van der Waals surface area contributed by atoms with Crippen LogP contribution in [-0.4, -0.2) is 53.3 Å². The summed E-state index contributed by atoms with van der Waals surface area (Å²) < 4.78 is 13.1. The van der Waals surface area contributed by atoms with Crippen molar-refractivity contribution in [3.63, 3.8) is 0 Å². The van der Waals surface area contributed by atoms with Gasteiger partial charge in [-0.3, -0.25) is 4.79 Å². The molecule has 1 aromatic carbocycles. The summed E-state index contributed by atoms with van der Waals surface area (Å²) in [6, 6.07) is 7.63. The number of rotatable bonds is 6. The molecule has 1 atom stereocenters. The fourth-order valence-electron chi connectivity index (χ4n) is 3.43. The van der Waals surface area contributed by atoms with Gasteiger partial charge in [0.1, 0.15) is 12.4 Å². The number of hydrogen-bond donors (Lipinski definition) is 2. The molecule has 28 heavy (non-hydrogen) atoms. The number of nitrogens with zero attached hydrogens (tertiary/aromatic N) is 3. The van der Waals surface area contributed by atoms with Gasteiger partial charge in [-0.25, -0.2) is 4.68 Å². The molecule has 0 aliphatic carbocycles. The third-order valence-corrected chi connectivity index (χ3v) is 5.00. The predicted octanol–water partition coefficient (Wildman–Crippen LogP) is 2.43. The van der Waals surface area contributed by atoms with Crippen LogP contribution in [0, 0.1) is 0 Å². The molecular weight excluding hydrogens is 382 g/mol. The maximum Gasteiger partial charge on any atom is 0.277 e. The molecule has 4 rings (SSSR count). The number of halogens is 1.